The van der Waals surface area contributed by atoms with Crippen molar-refractivity contribution in [3.8, 4) is 0 Å². The zero-order valence-electron chi connectivity index (χ0n) is 44.7. The van der Waals surface area contributed by atoms with Crippen molar-refractivity contribution in [1.82, 2.24) is 5.32 Å². The second-order valence-corrected chi connectivity index (χ2v) is 19.7. The van der Waals surface area contributed by atoms with Crippen molar-refractivity contribution in [1.29, 1.82) is 0 Å². The Bertz CT molecular complexity index is 1370. The molecule has 9 nitrogen and oxygen atoms in total. The highest BCUT2D eigenvalue weighted by Gasteiger charge is 2.44. The summed E-state index contributed by atoms with van der Waals surface area (Å²) < 4.78 is 11.2. The van der Waals surface area contributed by atoms with Gasteiger partial charge in [0.1, 0.15) is 24.4 Å². The van der Waals surface area contributed by atoms with E-state index in [0.717, 1.165) is 83.5 Å². The standard InChI is InChI=1S/C61H107NO8/c1-3-5-7-9-11-12-13-14-15-16-17-18-19-20-21-22-23-24-25-26-27-28-29-30-31-32-33-34-35-36-37-38-39-40-41-42-43-44-45-47-49-51-57(65)62-54(55(64)50-48-46-10-8-6-4-2)53-69-61-60(68)59(67)58(66)56(52-63)70-61/h5,7,11-12,14-15,17-18,20-21,23-24,26-27,54-56,58-61,63-64,66-68H,3-4,6,8-10,13,16,19,22,25,28-53H2,1-2H3,(H,62,65)/b7-5-,12-11-,15-14-,18-17-,21-20-,24-23-,27-26-. The topological polar surface area (TPSA) is 149 Å². The molecule has 0 spiro atoms. The number of hydrogen-bond donors (Lipinski definition) is 6. The summed E-state index contributed by atoms with van der Waals surface area (Å²) in [6, 6.07) is -0.717. The Kier molecular flexibility index (Phi) is 46.6. The third kappa shape index (κ3) is 39.0. The maximum absolute atomic E-state index is 12.9. The summed E-state index contributed by atoms with van der Waals surface area (Å²) in [6.07, 6.45) is 64.0. The molecule has 6 N–H and O–H groups in total. The number of allylic oxidation sites excluding steroid dienone is 14. The number of ether oxygens (including phenoxy) is 2. The van der Waals surface area contributed by atoms with Crippen LogP contribution >= 0.6 is 0 Å². The van der Waals surface area contributed by atoms with E-state index in [4.69, 9.17) is 9.47 Å². The quantitative estimate of drug-likeness (QED) is 0.0261. The molecule has 0 bridgehead atoms. The average Bonchev–Trinajstić information content (AvgIpc) is 3.36. The summed E-state index contributed by atoms with van der Waals surface area (Å²) in [5.41, 5.74) is 0. The van der Waals surface area contributed by atoms with Crippen LogP contribution in [0.3, 0.4) is 0 Å². The Morgan fingerprint density at radius 3 is 1.31 bits per heavy atom. The zero-order valence-corrected chi connectivity index (χ0v) is 44.7. The van der Waals surface area contributed by atoms with Crippen LogP contribution < -0.4 is 5.32 Å². The van der Waals surface area contributed by atoms with Crippen LogP contribution in [-0.4, -0.2) is 87.5 Å². The van der Waals surface area contributed by atoms with E-state index in [1.165, 1.54) is 128 Å². The smallest absolute Gasteiger partial charge is 0.220 e. The molecule has 7 atom stereocenters. The van der Waals surface area contributed by atoms with E-state index >= 15 is 0 Å². The van der Waals surface area contributed by atoms with Crippen molar-refractivity contribution in [3.05, 3.63) is 85.1 Å². The van der Waals surface area contributed by atoms with E-state index in [1.807, 2.05) is 0 Å². The molecular formula is C61H107NO8. The molecule has 0 aromatic heterocycles. The van der Waals surface area contributed by atoms with Gasteiger partial charge in [-0.2, -0.15) is 0 Å². The molecule has 1 saturated heterocycles. The Morgan fingerprint density at radius 1 is 0.500 bits per heavy atom. The van der Waals surface area contributed by atoms with Crippen molar-refractivity contribution < 1.29 is 39.8 Å². The molecule has 70 heavy (non-hydrogen) atoms. The normalized spacial score (nSPS) is 20.0. The van der Waals surface area contributed by atoms with Gasteiger partial charge in [0, 0.05) is 6.42 Å². The third-order valence-electron chi connectivity index (χ3n) is 13.3. The number of aliphatic hydroxyl groups is 5. The fraction of sp³-hybridized carbons (Fsp3) is 0.754. The van der Waals surface area contributed by atoms with Crippen LogP contribution in [-0.2, 0) is 14.3 Å². The Hall–Kier alpha value is -2.63. The first-order valence-electron chi connectivity index (χ1n) is 28.8. The molecule has 0 aromatic rings. The summed E-state index contributed by atoms with van der Waals surface area (Å²) in [5.74, 6) is -0.150. The number of rotatable bonds is 48. The lowest BCUT2D eigenvalue weighted by molar-refractivity contribution is -0.302. The molecule has 1 heterocycles. The maximum Gasteiger partial charge on any atom is 0.220 e. The van der Waals surface area contributed by atoms with E-state index in [2.05, 4.69) is 104 Å². The first-order valence-corrected chi connectivity index (χ1v) is 28.8. The van der Waals surface area contributed by atoms with Crippen LogP contribution in [0.25, 0.3) is 0 Å². The van der Waals surface area contributed by atoms with Crippen molar-refractivity contribution in [3.63, 3.8) is 0 Å². The lowest BCUT2D eigenvalue weighted by Crippen LogP contribution is -2.60. The van der Waals surface area contributed by atoms with Crippen LogP contribution in [0.4, 0.5) is 0 Å². The molecule has 9 heteroatoms. The van der Waals surface area contributed by atoms with Crippen LogP contribution in [0.5, 0.6) is 0 Å². The van der Waals surface area contributed by atoms with Gasteiger partial charge in [0.2, 0.25) is 5.91 Å². The highest BCUT2D eigenvalue weighted by molar-refractivity contribution is 5.76. The van der Waals surface area contributed by atoms with E-state index in [-0.39, 0.29) is 12.5 Å². The first kappa shape index (κ1) is 65.4. The lowest BCUT2D eigenvalue weighted by Gasteiger charge is -2.40. The fourth-order valence-corrected chi connectivity index (χ4v) is 8.73. The monoisotopic (exact) mass is 982 g/mol. The number of nitrogens with one attached hydrogen (secondary N) is 1. The van der Waals surface area contributed by atoms with E-state index < -0.39 is 49.5 Å². The minimum atomic E-state index is -1.55. The molecule has 1 rings (SSSR count). The Labute approximate surface area is 429 Å². The van der Waals surface area contributed by atoms with E-state index in [1.54, 1.807) is 0 Å². The number of carbonyl (C=O) groups is 1. The van der Waals surface area contributed by atoms with Gasteiger partial charge in [0.15, 0.2) is 6.29 Å². The number of aliphatic hydroxyl groups excluding tert-OH is 5. The van der Waals surface area contributed by atoms with Gasteiger partial charge in [-0.1, -0.05) is 247 Å². The van der Waals surface area contributed by atoms with Gasteiger partial charge >= 0.3 is 0 Å². The first-order chi connectivity index (χ1) is 34.3. The lowest BCUT2D eigenvalue weighted by atomic mass is 9.99. The Balaban J connectivity index is 1.97. The van der Waals surface area contributed by atoms with Crippen molar-refractivity contribution >= 4 is 5.91 Å². The molecule has 0 saturated carbocycles. The molecule has 404 valence electrons. The molecule has 0 radical (unpaired) electrons. The van der Waals surface area contributed by atoms with Crippen LogP contribution in [0.15, 0.2) is 85.1 Å². The fourth-order valence-electron chi connectivity index (χ4n) is 8.73. The number of amides is 1. The molecular weight excluding hydrogens is 875 g/mol. The van der Waals surface area contributed by atoms with Crippen LogP contribution in [0.1, 0.15) is 239 Å². The predicted molar refractivity (Wildman–Crippen MR) is 295 cm³/mol. The highest BCUT2D eigenvalue weighted by atomic mass is 16.7. The summed E-state index contributed by atoms with van der Waals surface area (Å²) in [4.78, 5) is 12.9. The molecule has 1 aliphatic heterocycles. The summed E-state index contributed by atoms with van der Waals surface area (Å²) in [5, 5.41) is 54.1. The minimum Gasteiger partial charge on any atom is -0.394 e. The second-order valence-electron chi connectivity index (χ2n) is 19.7. The van der Waals surface area contributed by atoms with Gasteiger partial charge in [-0.05, 0) is 70.6 Å². The largest absolute Gasteiger partial charge is 0.394 e. The summed E-state index contributed by atoms with van der Waals surface area (Å²) in [7, 11) is 0. The van der Waals surface area contributed by atoms with Crippen molar-refractivity contribution in [2.75, 3.05) is 13.2 Å². The predicted octanol–water partition coefficient (Wildman–Crippen LogP) is 14.2. The second kappa shape index (κ2) is 49.9. The molecule has 0 aliphatic carbocycles. The number of carbonyl (C=O) groups excluding carboxylic acids is 1. The molecule has 7 unspecified atom stereocenters. The van der Waals surface area contributed by atoms with E-state index in [0.29, 0.717) is 12.8 Å². The third-order valence-corrected chi connectivity index (χ3v) is 13.3. The van der Waals surface area contributed by atoms with Crippen LogP contribution in [0, 0.1) is 0 Å². The van der Waals surface area contributed by atoms with Gasteiger partial charge in [0.25, 0.3) is 0 Å². The van der Waals surface area contributed by atoms with Crippen molar-refractivity contribution in [2.24, 2.45) is 0 Å². The molecule has 1 fully saturated rings. The van der Waals surface area contributed by atoms with Gasteiger partial charge < -0.3 is 40.3 Å². The van der Waals surface area contributed by atoms with Crippen molar-refractivity contribution in [2.45, 2.75) is 281 Å². The van der Waals surface area contributed by atoms with Gasteiger partial charge in [-0.15, -0.1) is 0 Å². The minimum absolute atomic E-state index is 0.140. The van der Waals surface area contributed by atoms with Gasteiger partial charge in [0.05, 0.1) is 25.4 Å². The number of unbranched alkanes of at least 4 members (excludes halogenated alkanes) is 24. The van der Waals surface area contributed by atoms with E-state index in [9.17, 15) is 30.3 Å². The SMILES string of the molecule is CC/C=C\C/C=C\C/C=C\C/C=C\C/C=C\C/C=C\C/C=C\CCCCCCCCCCCCCCCCCCCCCC(=O)NC(COC1OC(CO)C(O)C(O)C1O)C(O)CCCCCCCC. The van der Waals surface area contributed by atoms with Gasteiger partial charge in [-0.3, -0.25) is 4.79 Å². The molecule has 0 aromatic carbocycles. The Morgan fingerprint density at radius 2 is 0.886 bits per heavy atom. The van der Waals surface area contributed by atoms with Crippen LogP contribution in [0.2, 0.25) is 0 Å². The average molecular weight is 983 g/mol. The van der Waals surface area contributed by atoms with Gasteiger partial charge in [-0.25, -0.2) is 0 Å². The highest BCUT2D eigenvalue weighted by Crippen LogP contribution is 2.23. The zero-order chi connectivity index (χ0) is 50.8. The maximum atomic E-state index is 12.9. The summed E-state index contributed by atoms with van der Waals surface area (Å²) in [6.45, 7) is 3.65. The molecule has 1 aliphatic rings. The number of hydrogen-bond acceptors (Lipinski definition) is 8. The summed E-state index contributed by atoms with van der Waals surface area (Å²) >= 11 is 0. The molecule has 1 amide bonds.